The van der Waals surface area contributed by atoms with Gasteiger partial charge in [0.1, 0.15) is 13.6 Å². The molecule has 0 bridgehead atoms. The molecule has 0 atom stereocenters. The fourth-order valence-electron chi connectivity index (χ4n) is 3.32. The maximum atomic E-state index is 13.3. The van der Waals surface area contributed by atoms with Crippen LogP contribution in [0.5, 0.6) is 5.75 Å². The number of aryl methyl sites for hydroxylation is 2. The molecule has 1 amide bonds. The van der Waals surface area contributed by atoms with Gasteiger partial charge in [-0.3, -0.25) is 9.78 Å². The van der Waals surface area contributed by atoms with Crippen LogP contribution in [0.1, 0.15) is 32.6 Å². The van der Waals surface area contributed by atoms with Gasteiger partial charge in [-0.1, -0.05) is 46.9 Å². The first-order valence-corrected chi connectivity index (χ1v) is 9.15. The van der Waals surface area contributed by atoms with E-state index in [0.29, 0.717) is 29.9 Å². The summed E-state index contributed by atoms with van der Waals surface area (Å²) in [4.78, 5) is 19.3. The largest absolute Gasteiger partial charge is 0.497 e. The van der Waals surface area contributed by atoms with Gasteiger partial charge in [-0.25, -0.2) is 0 Å². The van der Waals surface area contributed by atoms with E-state index in [4.69, 9.17) is 12.6 Å². The molecule has 0 spiro atoms. The van der Waals surface area contributed by atoms with Gasteiger partial charge < -0.3 is 9.64 Å². The Balaban J connectivity index is 1.93. The molecule has 2 aromatic carbocycles. The maximum absolute atomic E-state index is 13.3. The van der Waals surface area contributed by atoms with Crippen molar-refractivity contribution in [1.82, 2.24) is 9.88 Å². The van der Waals surface area contributed by atoms with E-state index < -0.39 is 0 Å². The van der Waals surface area contributed by atoms with Crippen LogP contribution in [0.15, 0.2) is 60.9 Å². The lowest BCUT2D eigenvalue weighted by atomic mass is 9.93. The van der Waals surface area contributed by atoms with Gasteiger partial charge in [0.15, 0.2) is 0 Å². The van der Waals surface area contributed by atoms with Crippen molar-refractivity contribution in [3.05, 3.63) is 88.7 Å². The molecule has 4 nitrogen and oxygen atoms in total. The molecular formula is C23H23BN2O2. The summed E-state index contributed by atoms with van der Waals surface area (Å²) >= 11 is 0. The van der Waals surface area contributed by atoms with E-state index in [0.717, 1.165) is 11.1 Å². The highest BCUT2D eigenvalue weighted by Crippen LogP contribution is 2.18. The highest BCUT2D eigenvalue weighted by atomic mass is 16.5. The van der Waals surface area contributed by atoms with Crippen LogP contribution in [0.4, 0.5) is 0 Å². The Labute approximate surface area is 167 Å². The lowest BCUT2D eigenvalue weighted by Crippen LogP contribution is -2.30. The number of amides is 1. The molecule has 0 saturated heterocycles. The van der Waals surface area contributed by atoms with Crippen molar-refractivity contribution in [1.29, 1.82) is 0 Å². The predicted octanol–water partition coefficient (Wildman–Crippen LogP) is 3.34. The van der Waals surface area contributed by atoms with Crippen molar-refractivity contribution >= 4 is 19.2 Å². The Kier molecular flexibility index (Phi) is 6.14. The van der Waals surface area contributed by atoms with Crippen LogP contribution in [0.3, 0.4) is 0 Å². The van der Waals surface area contributed by atoms with E-state index in [9.17, 15) is 4.79 Å². The second-order valence-electron chi connectivity index (χ2n) is 6.98. The van der Waals surface area contributed by atoms with Crippen LogP contribution in [-0.4, -0.2) is 30.7 Å². The third kappa shape index (κ3) is 4.80. The molecule has 2 radical (unpaired) electrons. The first-order chi connectivity index (χ1) is 13.5. The quantitative estimate of drug-likeness (QED) is 0.625. The highest BCUT2D eigenvalue weighted by molar-refractivity contribution is 6.34. The first-order valence-electron chi connectivity index (χ1n) is 9.15. The van der Waals surface area contributed by atoms with Crippen molar-refractivity contribution in [3.63, 3.8) is 0 Å². The number of nitrogens with zero attached hydrogens (tertiary/aromatic N) is 2. The molecule has 0 aliphatic carbocycles. The number of hydrogen-bond acceptors (Lipinski definition) is 3. The summed E-state index contributed by atoms with van der Waals surface area (Å²) in [6.45, 7) is 5.10. The second kappa shape index (κ2) is 8.74. The topological polar surface area (TPSA) is 42.4 Å². The summed E-state index contributed by atoms with van der Waals surface area (Å²) in [7, 11) is 7.44. The third-order valence-electron chi connectivity index (χ3n) is 4.52. The maximum Gasteiger partial charge on any atom is 0.254 e. The minimum absolute atomic E-state index is 0.0821. The fourth-order valence-corrected chi connectivity index (χ4v) is 3.32. The Morgan fingerprint density at radius 2 is 1.75 bits per heavy atom. The van der Waals surface area contributed by atoms with Gasteiger partial charge in [0, 0.05) is 31.0 Å². The molecule has 0 fully saturated rings. The molecule has 0 aliphatic rings. The van der Waals surface area contributed by atoms with E-state index in [1.807, 2.05) is 17.0 Å². The molecule has 0 N–H and O–H groups in total. The average Bonchev–Trinajstić information content (AvgIpc) is 2.67. The molecule has 0 unspecified atom stereocenters. The molecule has 3 aromatic rings. The second-order valence-corrected chi connectivity index (χ2v) is 6.98. The Morgan fingerprint density at radius 3 is 2.39 bits per heavy atom. The zero-order chi connectivity index (χ0) is 20.1. The summed E-state index contributed by atoms with van der Waals surface area (Å²) in [5, 5.41) is 0. The molecule has 0 aliphatic heterocycles. The molecule has 0 saturated carbocycles. The summed E-state index contributed by atoms with van der Waals surface area (Å²) in [6, 6.07) is 15.3. The van der Waals surface area contributed by atoms with Crippen molar-refractivity contribution in [3.8, 4) is 5.75 Å². The summed E-state index contributed by atoms with van der Waals surface area (Å²) in [5.74, 6) is 0.417. The fraction of sp³-hybridized carbons (Fsp3) is 0.217. The van der Waals surface area contributed by atoms with Gasteiger partial charge in [-0.05, 0) is 43.2 Å². The number of rotatable bonds is 6. The van der Waals surface area contributed by atoms with Gasteiger partial charge >= 0.3 is 0 Å². The van der Waals surface area contributed by atoms with Crippen molar-refractivity contribution in [2.75, 3.05) is 7.11 Å². The van der Waals surface area contributed by atoms with Gasteiger partial charge in [0.25, 0.3) is 5.91 Å². The summed E-state index contributed by atoms with van der Waals surface area (Å²) < 4.78 is 5.28. The smallest absolute Gasteiger partial charge is 0.254 e. The van der Waals surface area contributed by atoms with E-state index in [-0.39, 0.29) is 5.91 Å². The Bertz CT molecular complexity index is 953. The van der Waals surface area contributed by atoms with E-state index >= 15 is 0 Å². The van der Waals surface area contributed by atoms with Crippen LogP contribution in [0.2, 0.25) is 0 Å². The molecule has 3 rings (SSSR count). The van der Waals surface area contributed by atoms with Gasteiger partial charge in [-0.2, -0.15) is 0 Å². The Hall–Kier alpha value is -3.08. The number of carbonyl (C=O) groups excluding carboxylic acids is 1. The number of hydrogen-bond donors (Lipinski definition) is 0. The van der Waals surface area contributed by atoms with Gasteiger partial charge in [-0.15, -0.1) is 0 Å². The zero-order valence-electron chi connectivity index (χ0n) is 16.5. The van der Waals surface area contributed by atoms with E-state index in [1.54, 1.807) is 37.7 Å². The number of benzene rings is 2. The third-order valence-corrected chi connectivity index (χ3v) is 4.52. The molecule has 140 valence electrons. The van der Waals surface area contributed by atoms with Gasteiger partial charge in [0.2, 0.25) is 0 Å². The highest BCUT2D eigenvalue weighted by Gasteiger charge is 2.18. The van der Waals surface area contributed by atoms with Crippen LogP contribution in [0, 0.1) is 13.8 Å². The van der Waals surface area contributed by atoms with Crippen LogP contribution in [-0.2, 0) is 13.1 Å². The number of ether oxygens (including phenoxy) is 1. The minimum Gasteiger partial charge on any atom is -0.497 e. The van der Waals surface area contributed by atoms with Gasteiger partial charge in [0.05, 0.1) is 7.11 Å². The number of pyridine rings is 1. The van der Waals surface area contributed by atoms with Crippen LogP contribution >= 0.6 is 0 Å². The minimum atomic E-state index is -0.0821. The molecule has 1 aromatic heterocycles. The van der Waals surface area contributed by atoms with Crippen LogP contribution in [0.25, 0.3) is 0 Å². The number of aromatic nitrogens is 1. The molecule has 5 heteroatoms. The molecule has 1 heterocycles. The standard InChI is InChI=1S/C23H23BN2O2/c1-16-9-17(2)11-19(10-16)15-26(14-18-5-4-8-25-13-18)23(27)20-6-7-21(24)22(12-20)28-3/h4-13H,14-15H2,1-3H3. The number of carbonyl (C=O) groups is 1. The van der Waals surface area contributed by atoms with E-state index in [1.165, 1.54) is 11.1 Å². The van der Waals surface area contributed by atoms with Crippen molar-refractivity contribution in [2.45, 2.75) is 26.9 Å². The first kappa shape index (κ1) is 19.7. The normalized spacial score (nSPS) is 10.5. The van der Waals surface area contributed by atoms with E-state index in [2.05, 4.69) is 37.0 Å². The summed E-state index contributed by atoms with van der Waals surface area (Å²) in [5.41, 5.74) is 5.47. The average molecular weight is 370 g/mol. The molecular weight excluding hydrogens is 347 g/mol. The zero-order valence-corrected chi connectivity index (χ0v) is 16.5. The molecule has 28 heavy (non-hydrogen) atoms. The van der Waals surface area contributed by atoms with Crippen LogP contribution < -0.4 is 10.2 Å². The van der Waals surface area contributed by atoms with Crippen molar-refractivity contribution < 1.29 is 9.53 Å². The Morgan fingerprint density at radius 1 is 1.04 bits per heavy atom. The lowest BCUT2D eigenvalue weighted by molar-refractivity contribution is 0.0729. The SMILES string of the molecule is [B]c1ccc(C(=O)N(Cc2cccnc2)Cc2cc(C)cc(C)c2)cc1OC. The predicted molar refractivity (Wildman–Crippen MR) is 112 cm³/mol. The number of methoxy groups -OCH3 is 1. The van der Waals surface area contributed by atoms with Crippen molar-refractivity contribution in [2.24, 2.45) is 0 Å². The lowest BCUT2D eigenvalue weighted by Gasteiger charge is -2.24. The monoisotopic (exact) mass is 370 g/mol. The summed E-state index contributed by atoms with van der Waals surface area (Å²) in [6.07, 6.45) is 3.51.